The zero-order chi connectivity index (χ0) is 20.7. The van der Waals surface area contributed by atoms with Gasteiger partial charge in [-0.2, -0.15) is 10.2 Å². The Morgan fingerprint density at radius 3 is 2.55 bits per heavy atom. The van der Waals surface area contributed by atoms with Crippen molar-refractivity contribution < 1.29 is 8.42 Å². The van der Waals surface area contributed by atoms with Crippen LogP contribution in [0.25, 0.3) is 0 Å². The minimum Gasteiger partial charge on any atom is -0.369 e. The molecule has 0 amide bonds. The molecule has 0 saturated carbocycles. The summed E-state index contributed by atoms with van der Waals surface area (Å²) in [4.78, 5) is 12.6. The molecule has 29 heavy (non-hydrogen) atoms. The van der Waals surface area contributed by atoms with Gasteiger partial charge in [0.1, 0.15) is 17.5 Å². The molecule has 0 unspecified atom stereocenters. The van der Waals surface area contributed by atoms with E-state index >= 15 is 0 Å². The Morgan fingerprint density at radius 1 is 1.10 bits per heavy atom. The van der Waals surface area contributed by atoms with E-state index in [1.807, 2.05) is 13.0 Å². The fourth-order valence-electron chi connectivity index (χ4n) is 2.43. The number of hydrogen-bond acceptors (Lipinski definition) is 8. The first-order valence-electron chi connectivity index (χ1n) is 8.79. The number of anilines is 3. The maximum Gasteiger partial charge on any atom is 0.240 e. The van der Waals surface area contributed by atoms with Crippen molar-refractivity contribution in [1.29, 1.82) is 5.26 Å². The topological polar surface area (TPSA) is 133 Å². The summed E-state index contributed by atoms with van der Waals surface area (Å²) in [6, 6.07) is 13.5. The normalized spacial score (nSPS) is 10.9. The van der Waals surface area contributed by atoms with Crippen LogP contribution in [0.3, 0.4) is 0 Å². The number of benzene rings is 1. The molecule has 9 nitrogen and oxygen atoms in total. The lowest BCUT2D eigenvalue weighted by molar-refractivity contribution is 0.580. The molecule has 0 spiro atoms. The van der Waals surface area contributed by atoms with Gasteiger partial charge in [0.15, 0.2) is 0 Å². The van der Waals surface area contributed by atoms with Crippen LogP contribution in [-0.2, 0) is 16.6 Å². The van der Waals surface area contributed by atoms with Crippen molar-refractivity contribution in [2.75, 3.05) is 17.2 Å². The van der Waals surface area contributed by atoms with Crippen LogP contribution in [0.1, 0.15) is 18.2 Å². The summed E-state index contributed by atoms with van der Waals surface area (Å²) in [7, 11) is -3.67. The second-order valence-corrected chi connectivity index (χ2v) is 7.66. The molecule has 0 fully saturated rings. The van der Waals surface area contributed by atoms with Crippen LogP contribution in [0.4, 0.5) is 17.5 Å². The third-order valence-corrected chi connectivity index (χ3v) is 5.26. The highest BCUT2D eigenvalue weighted by atomic mass is 32.2. The standard InChI is InChI=1S/C19H19N7O2S/c1-2-21-18-14(11-20)12-23-19(26-18)25-15-6-8-17(9-7-15)29(27,28)24-13-16-5-3-4-10-22-16/h3-10,12,24H,2,13H2,1H3,(H2,21,23,25,26). The van der Waals surface area contributed by atoms with Crippen LogP contribution in [0.2, 0.25) is 0 Å². The first kappa shape index (κ1) is 20.2. The van der Waals surface area contributed by atoms with E-state index in [0.717, 1.165) is 0 Å². The quantitative estimate of drug-likeness (QED) is 0.516. The van der Waals surface area contributed by atoms with Gasteiger partial charge in [0.05, 0.1) is 23.3 Å². The predicted molar refractivity (Wildman–Crippen MR) is 109 cm³/mol. The maximum absolute atomic E-state index is 12.4. The Morgan fingerprint density at radius 2 is 1.90 bits per heavy atom. The summed E-state index contributed by atoms with van der Waals surface area (Å²) in [5.41, 5.74) is 1.59. The molecule has 0 aliphatic carbocycles. The predicted octanol–water partition coefficient (Wildman–Crippen LogP) is 2.40. The van der Waals surface area contributed by atoms with Gasteiger partial charge in [0, 0.05) is 18.4 Å². The van der Waals surface area contributed by atoms with Crippen LogP contribution < -0.4 is 15.4 Å². The number of rotatable bonds is 8. The van der Waals surface area contributed by atoms with Gasteiger partial charge in [-0.1, -0.05) is 6.07 Å². The number of aromatic nitrogens is 3. The van der Waals surface area contributed by atoms with Crippen molar-refractivity contribution in [2.24, 2.45) is 0 Å². The monoisotopic (exact) mass is 409 g/mol. The average molecular weight is 409 g/mol. The highest BCUT2D eigenvalue weighted by molar-refractivity contribution is 7.89. The fraction of sp³-hybridized carbons (Fsp3) is 0.158. The Labute approximate surface area is 168 Å². The number of nitrogens with zero attached hydrogens (tertiary/aromatic N) is 4. The van der Waals surface area contributed by atoms with Crippen molar-refractivity contribution in [3.8, 4) is 6.07 Å². The molecule has 2 aromatic heterocycles. The Balaban J connectivity index is 1.70. The van der Waals surface area contributed by atoms with Gasteiger partial charge >= 0.3 is 0 Å². The van der Waals surface area contributed by atoms with Crippen LogP contribution in [-0.4, -0.2) is 29.9 Å². The minimum absolute atomic E-state index is 0.107. The van der Waals surface area contributed by atoms with Gasteiger partial charge in [0.25, 0.3) is 0 Å². The molecule has 1 aromatic carbocycles. The molecule has 3 N–H and O–H groups in total. The third kappa shape index (κ3) is 5.25. The van der Waals surface area contributed by atoms with E-state index in [-0.39, 0.29) is 11.4 Å². The van der Waals surface area contributed by atoms with Gasteiger partial charge in [-0.25, -0.2) is 18.1 Å². The highest BCUT2D eigenvalue weighted by Crippen LogP contribution is 2.19. The molecule has 2 heterocycles. The van der Waals surface area contributed by atoms with E-state index in [4.69, 9.17) is 5.26 Å². The van der Waals surface area contributed by atoms with Gasteiger partial charge in [-0.3, -0.25) is 4.98 Å². The number of hydrogen-bond donors (Lipinski definition) is 3. The average Bonchev–Trinajstić information content (AvgIpc) is 2.74. The summed E-state index contributed by atoms with van der Waals surface area (Å²) >= 11 is 0. The zero-order valence-electron chi connectivity index (χ0n) is 15.6. The number of nitrogens with one attached hydrogen (secondary N) is 3. The van der Waals surface area contributed by atoms with Gasteiger partial charge < -0.3 is 10.6 Å². The molecule has 0 radical (unpaired) electrons. The second-order valence-electron chi connectivity index (χ2n) is 5.89. The first-order chi connectivity index (χ1) is 14.0. The summed E-state index contributed by atoms with van der Waals surface area (Å²) < 4.78 is 27.4. The lowest BCUT2D eigenvalue weighted by atomic mass is 10.3. The minimum atomic E-state index is -3.67. The molecule has 0 aliphatic rings. The van der Waals surface area contributed by atoms with Gasteiger partial charge in [-0.15, -0.1) is 0 Å². The Kier molecular flexibility index (Phi) is 6.33. The third-order valence-electron chi connectivity index (χ3n) is 3.84. The zero-order valence-corrected chi connectivity index (χ0v) is 16.4. The lowest BCUT2D eigenvalue weighted by Crippen LogP contribution is -2.23. The van der Waals surface area contributed by atoms with Gasteiger partial charge in [-0.05, 0) is 43.3 Å². The molecular formula is C19H19N7O2S. The first-order valence-corrected chi connectivity index (χ1v) is 10.3. The summed E-state index contributed by atoms with van der Waals surface area (Å²) in [5.74, 6) is 0.731. The molecule has 10 heteroatoms. The van der Waals surface area contributed by atoms with Crippen molar-refractivity contribution >= 4 is 27.5 Å². The fourth-order valence-corrected chi connectivity index (χ4v) is 3.43. The molecule has 0 atom stereocenters. The van der Waals surface area contributed by atoms with Crippen LogP contribution in [0.15, 0.2) is 59.8 Å². The smallest absolute Gasteiger partial charge is 0.240 e. The SMILES string of the molecule is CCNc1nc(Nc2ccc(S(=O)(=O)NCc3ccccn3)cc2)ncc1C#N. The summed E-state index contributed by atoms with van der Waals surface area (Å²) in [6.45, 7) is 2.62. The van der Waals surface area contributed by atoms with E-state index in [1.54, 1.807) is 36.5 Å². The summed E-state index contributed by atoms with van der Waals surface area (Å²) in [6.07, 6.45) is 3.03. The van der Waals surface area contributed by atoms with E-state index in [1.165, 1.54) is 18.3 Å². The maximum atomic E-state index is 12.4. The number of sulfonamides is 1. The van der Waals surface area contributed by atoms with Crippen molar-refractivity contribution in [3.05, 3.63) is 66.1 Å². The Bertz CT molecular complexity index is 1110. The van der Waals surface area contributed by atoms with Crippen molar-refractivity contribution in [3.63, 3.8) is 0 Å². The molecule has 0 bridgehead atoms. The van der Waals surface area contributed by atoms with E-state index in [9.17, 15) is 8.42 Å². The van der Waals surface area contributed by atoms with E-state index < -0.39 is 10.0 Å². The summed E-state index contributed by atoms with van der Waals surface area (Å²) in [5, 5.41) is 15.1. The Hall–Kier alpha value is -3.55. The van der Waals surface area contributed by atoms with Crippen LogP contribution in [0, 0.1) is 11.3 Å². The molecule has 0 aliphatic heterocycles. The van der Waals surface area contributed by atoms with E-state index in [2.05, 4.69) is 30.3 Å². The molecular weight excluding hydrogens is 390 g/mol. The second kappa shape index (κ2) is 9.09. The lowest BCUT2D eigenvalue weighted by Gasteiger charge is -2.10. The molecule has 148 valence electrons. The van der Waals surface area contributed by atoms with Gasteiger partial charge in [0.2, 0.25) is 16.0 Å². The molecule has 0 saturated heterocycles. The molecule has 3 aromatic rings. The highest BCUT2D eigenvalue weighted by Gasteiger charge is 2.14. The molecule has 3 rings (SSSR count). The number of nitriles is 1. The number of pyridine rings is 1. The van der Waals surface area contributed by atoms with E-state index in [0.29, 0.717) is 35.3 Å². The van der Waals surface area contributed by atoms with Crippen LogP contribution in [0.5, 0.6) is 0 Å². The van der Waals surface area contributed by atoms with Crippen molar-refractivity contribution in [2.45, 2.75) is 18.4 Å². The van der Waals surface area contributed by atoms with Crippen molar-refractivity contribution in [1.82, 2.24) is 19.7 Å². The largest absolute Gasteiger partial charge is 0.369 e. The van der Waals surface area contributed by atoms with Crippen LogP contribution >= 0.6 is 0 Å².